The molecule has 2 aromatic heterocycles. The Hall–Kier alpha value is -1.62. The highest BCUT2D eigenvalue weighted by Crippen LogP contribution is 2.07. The molecule has 74 valence electrons. The standard InChI is InChI=1S/C9H13N5/c10-3-1-2-8-4-9-12-5-7(11)6-14(9)13-8/h4-6H,1-3,10-11H2. The van der Waals surface area contributed by atoms with Crippen LogP contribution in [0.3, 0.4) is 0 Å². The fraction of sp³-hybridized carbons (Fsp3) is 0.333. The average Bonchev–Trinajstić information content (AvgIpc) is 2.56. The van der Waals surface area contributed by atoms with Crippen LogP contribution in [0.5, 0.6) is 0 Å². The summed E-state index contributed by atoms with van der Waals surface area (Å²) in [4.78, 5) is 4.15. The zero-order chi connectivity index (χ0) is 9.97. The fourth-order valence-corrected chi connectivity index (χ4v) is 1.35. The first kappa shape index (κ1) is 8.96. The molecule has 14 heavy (non-hydrogen) atoms. The number of aromatic nitrogens is 3. The Labute approximate surface area is 81.7 Å². The first-order valence-electron chi connectivity index (χ1n) is 4.59. The normalized spacial score (nSPS) is 10.9. The van der Waals surface area contributed by atoms with E-state index >= 15 is 0 Å². The quantitative estimate of drug-likeness (QED) is 0.726. The summed E-state index contributed by atoms with van der Waals surface area (Å²) in [6, 6.07) is 1.95. The predicted octanol–water partition coefficient (Wildman–Crippen LogP) is 0.203. The molecule has 2 rings (SSSR count). The summed E-state index contributed by atoms with van der Waals surface area (Å²) in [6.45, 7) is 0.684. The Kier molecular flexibility index (Phi) is 2.32. The second kappa shape index (κ2) is 3.63. The van der Waals surface area contributed by atoms with Crippen LogP contribution in [0.1, 0.15) is 12.1 Å². The largest absolute Gasteiger partial charge is 0.396 e. The maximum atomic E-state index is 5.59. The van der Waals surface area contributed by atoms with Gasteiger partial charge in [0.2, 0.25) is 0 Å². The lowest BCUT2D eigenvalue weighted by Gasteiger charge is -1.93. The van der Waals surface area contributed by atoms with Crippen molar-refractivity contribution in [2.75, 3.05) is 12.3 Å². The van der Waals surface area contributed by atoms with Crippen LogP contribution >= 0.6 is 0 Å². The van der Waals surface area contributed by atoms with Crippen LogP contribution in [0.25, 0.3) is 5.65 Å². The number of aryl methyl sites for hydroxylation is 1. The van der Waals surface area contributed by atoms with Crippen LogP contribution < -0.4 is 11.5 Å². The summed E-state index contributed by atoms with van der Waals surface area (Å²) in [5, 5.41) is 4.33. The highest BCUT2D eigenvalue weighted by Gasteiger charge is 2.01. The minimum absolute atomic E-state index is 0.617. The molecule has 0 aliphatic rings. The van der Waals surface area contributed by atoms with Crippen LogP contribution in [-0.2, 0) is 6.42 Å². The third-order valence-electron chi connectivity index (χ3n) is 2.02. The van der Waals surface area contributed by atoms with E-state index in [-0.39, 0.29) is 0 Å². The van der Waals surface area contributed by atoms with Gasteiger partial charge in [0.05, 0.1) is 23.8 Å². The molecule has 0 saturated carbocycles. The van der Waals surface area contributed by atoms with Gasteiger partial charge < -0.3 is 11.5 Å². The maximum Gasteiger partial charge on any atom is 0.155 e. The number of rotatable bonds is 3. The van der Waals surface area contributed by atoms with Gasteiger partial charge in [-0.2, -0.15) is 5.10 Å². The molecular formula is C9H13N5. The molecule has 0 bridgehead atoms. The zero-order valence-corrected chi connectivity index (χ0v) is 7.85. The summed E-state index contributed by atoms with van der Waals surface area (Å²) in [6.07, 6.45) is 5.22. The Bertz CT molecular complexity index is 434. The summed E-state index contributed by atoms with van der Waals surface area (Å²) in [5.41, 5.74) is 13.5. The summed E-state index contributed by atoms with van der Waals surface area (Å²) < 4.78 is 1.70. The lowest BCUT2D eigenvalue weighted by atomic mass is 10.2. The van der Waals surface area contributed by atoms with E-state index in [2.05, 4.69) is 10.1 Å². The Balaban J connectivity index is 2.32. The minimum atomic E-state index is 0.617. The molecule has 0 fully saturated rings. The molecule has 0 amide bonds. The van der Waals surface area contributed by atoms with Crippen molar-refractivity contribution < 1.29 is 0 Å². The van der Waals surface area contributed by atoms with Crippen LogP contribution in [0.15, 0.2) is 18.5 Å². The lowest BCUT2D eigenvalue weighted by Crippen LogP contribution is -2.00. The average molecular weight is 191 g/mol. The molecule has 0 radical (unpaired) electrons. The molecule has 2 aromatic rings. The fourth-order valence-electron chi connectivity index (χ4n) is 1.35. The third-order valence-corrected chi connectivity index (χ3v) is 2.02. The van der Waals surface area contributed by atoms with Gasteiger partial charge in [0, 0.05) is 6.07 Å². The van der Waals surface area contributed by atoms with Gasteiger partial charge in [0.1, 0.15) is 0 Å². The van der Waals surface area contributed by atoms with Gasteiger partial charge in [-0.1, -0.05) is 0 Å². The Morgan fingerprint density at radius 3 is 3.07 bits per heavy atom. The van der Waals surface area contributed by atoms with Gasteiger partial charge in [0.15, 0.2) is 5.65 Å². The maximum absolute atomic E-state index is 5.59. The predicted molar refractivity (Wildman–Crippen MR) is 54.8 cm³/mol. The SMILES string of the molecule is NCCCc1cc2ncc(N)cn2n1. The van der Waals surface area contributed by atoms with Crippen molar-refractivity contribution in [2.45, 2.75) is 12.8 Å². The molecule has 0 atom stereocenters. The molecule has 0 aliphatic carbocycles. The molecule has 0 aliphatic heterocycles. The van der Waals surface area contributed by atoms with Crippen molar-refractivity contribution in [1.82, 2.24) is 14.6 Å². The summed E-state index contributed by atoms with van der Waals surface area (Å²) in [7, 11) is 0. The van der Waals surface area contributed by atoms with Gasteiger partial charge in [-0.15, -0.1) is 0 Å². The van der Waals surface area contributed by atoms with Crippen LogP contribution in [0.2, 0.25) is 0 Å². The number of hydrogen-bond donors (Lipinski definition) is 2. The smallest absolute Gasteiger partial charge is 0.155 e. The second-order valence-electron chi connectivity index (χ2n) is 3.22. The van der Waals surface area contributed by atoms with Crippen molar-refractivity contribution in [2.24, 2.45) is 5.73 Å². The van der Waals surface area contributed by atoms with E-state index in [0.29, 0.717) is 12.2 Å². The highest BCUT2D eigenvalue weighted by atomic mass is 15.2. The number of nitrogens with two attached hydrogens (primary N) is 2. The van der Waals surface area contributed by atoms with Crippen LogP contribution in [0.4, 0.5) is 5.69 Å². The lowest BCUT2D eigenvalue weighted by molar-refractivity contribution is 0.789. The minimum Gasteiger partial charge on any atom is -0.396 e. The van der Waals surface area contributed by atoms with E-state index < -0.39 is 0 Å². The molecule has 5 nitrogen and oxygen atoms in total. The molecule has 0 spiro atoms. The third kappa shape index (κ3) is 1.67. The Morgan fingerprint density at radius 1 is 1.43 bits per heavy atom. The number of fused-ring (bicyclic) bond motifs is 1. The molecule has 0 saturated heterocycles. The molecule has 0 unspecified atom stereocenters. The number of hydrogen-bond acceptors (Lipinski definition) is 4. The van der Waals surface area contributed by atoms with Gasteiger partial charge in [-0.25, -0.2) is 9.50 Å². The molecule has 4 N–H and O–H groups in total. The number of nitrogen functional groups attached to an aromatic ring is 1. The van der Waals surface area contributed by atoms with Crippen molar-refractivity contribution >= 4 is 11.3 Å². The topological polar surface area (TPSA) is 82.2 Å². The van der Waals surface area contributed by atoms with E-state index in [1.54, 1.807) is 16.9 Å². The highest BCUT2D eigenvalue weighted by molar-refractivity contribution is 5.44. The van der Waals surface area contributed by atoms with Crippen molar-refractivity contribution in [3.05, 3.63) is 24.2 Å². The van der Waals surface area contributed by atoms with Gasteiger partial charge in [-0.05, 0) is 19.4 Å². The van der Waals surface area contributed by atoms with Crippen LogP contribution in [0, 0.1) is 0 Å². The Morgan fingerprint density at radius 2 is 2.29 bits per heavy atom. The second-order valence-corrected chi connectivity index (χ2v) is 3.22. The molecule has 0 aromatic carbocycles. The number of anilines is 1. The monoisotopic (exact) mass is 191 g/mol. The summed E-state index contributed by atoms with van der Waals surface area (Å²) >= 11 is 0. The molecule has 5 heteroatoms. The summed E-state index contributed by atoms with van der Waals surface area (Å²) in [5.74, 6) is 0. The van der Waals surface area contributed by atoms with E-state index in [9.17, 15) is 0 Å². The van der Waals surface area contributed by atoms with Gasteiger partial charge >= 0.3 is 0 Å². The van der Waals surface area contributed by atoms with E-state index in [1.807, 2.05) is 6.07 Å². The molecule has 2 heterocycles. The van der Waals surface area contributed by atoms with Crippen molar-refractivity contribution in [3.63, 3.8) is 0 Å². The van der Waals surface area contributed by atoms with E-state index in [4.69, 9.17) is 11.5 Å². The van der Waals surface area contributed by atoms with Crippen molar-refractivity contribution in [1.29, 1.82) is 0 Å². The first-order valence-corrected chi connectivity index (χ1v) is 4.59. The number of nitrogens with zero attached hydrogens (tertiary/aromatic N) is 3. The van der Waals surface area contributed by atoms with Crippen molar-refractivity contribution in [3.8, 4) is 0 Å². The van der Waals surface area contributed by atoms with Crippen LogP contribution in [-0.4, -0.2) is 21.1 Å². The first-order chi connectivity index (χ1) is 6.79. The molecular weight excluding hydrogens is 178 g/mol. The zero-order valence-electron chi connectivity index (χ0n) is 7.85. The van der Waals surface area contributed by atoms with Gasteiger partial charge in [0.25, 0.3) is 0 Å². The van der Waals surface area contributed by atoms with E-state index in [0.717, 1.165) is 24.2 Å². The van der Waals surface area contributed by atoms with E-state index in [1.165, 1.54) is 0 Å². The van der Waals surface area contributed by atoms with Gasteiger partial charge in [-0.3, -0.25) is 0 Å².